The summed E-state index contributed by atoms with van der Waals surface area (Å²) >= 11 is 0. The number of hydrogen-bond donors (Lipinski definition) is 1. The zero-order valence-corrected chi connectivity index (χ0v) is 16.7. The Labute approximate surface area is 174 Å². The number of hydrogen-bond acceptors (Lipinski definition) is 4. The van der Waals surface area contributed by atoms with Crippen LogP contribution in [0.15, 0.2) is 79.1 Å². The van der Waals surface area contributed by atoms with E-state index < -0.39 is 0 Å². The molecule has 0 amide bonds. The van der Waals surface area contributed by atoms with E-state index in [1.54, 1.807) is 12.4 Å². The van der Waals surface area contributed by atoms with Gasteiger partial charge in [0.1, 0.15) is 5.82 Å². The molecule has 5 aromatic rings. The third-order valence-corrected chi connectivity index (χ3v) is 5.14. The van der Waals surface area contributed by atoms with Gasteiger partial charge in [0.25, 0.3) is 0 Å². The molecule has 30 heavy (non-hydrogen) atoms. The van der Waals surface area contributed by atoms with Crippen molar-refractivity contribution in [3.8, 4) is 22.6 Å². The van der Waals surface area contributed by atoms with E-state index in [0.29, 0.717) is 0 Å². The molecule has 3 heterocycles. The molecule has 0 fully saturated rings. The Bertz CT molecular complexity index is 1310. The average molecular weight is 391 g/mol. The summed E-state index contributed by atoms with van der Waals surface area (Å²) in [6.07, 6.45) is 5.04. The minimum Gasteiger partial charge on any atom is -0.340 e. The molecule has 0 radical (unpaired) electrons. The van der Waals surface area contributed by atoms with Gasteiger partial charge in [-0.2, -0.15) is 0 Å². The van der Waals surface area contributed by atoms with Crippen LogP contribution in [0.3, 0.4) is 0 Å². The number of aromatic nitrogens is 5. The average Bonchev–Trinajstić information content (AvgIpc) is 3.23. The highest BCUT2D eigenvalue weighted by atomic mass is 15.0. The molecule has 0 atom stereocenters. The zero-order valence-electron chi connectivity index (χ0n) is 16.7. The second kappa shape index (κ2) is 7.87. The topological polar surface area (TPSA) is 67.3 Å². The van der Waals surface area contributed by atoms with Gasteiger partial charge >= 0.3 is 0 Å². The molecular weight excluding hydrogens is 370 g/mol. The smallest absolute Gasteiger partial charge is 0.111 e. The molecule has 3 aromatic heterocycles. The van der Waals surface area contributed by atoms with Crippen LogP contribution in [0.2, 0.25) is 0 Å². The highest BCUT2D eigenvalue weighted by molar-refractivity contribution is 5.84. The number of pyridine rings is 1. The minimum absolute atomic E-state index is 0.731. The van der Waals surface area contributed by atoms with Crippen LogP contribution in [0.4, 0.5) is 0 Å². The molecule has 0 bridgehead atoms. The number of aryl methyl sites for hydroxylation is 1. The lowest BCUT2D eigenvalue weighted by Gasteiger charge is -2.05. The van der Waals surface area contributed by atoms with E-state index >= 15 is 0 Å². The van der Waals surface area contributed by atoms with Gasteiger partial charge in [0.2, 0.25) is 0 Å². The Balaban J connectivity index is 1.64. The summed E-state index contributed by atoms with van der Waals surface area (Å²) in [5.74, 6) is 0.911. The van der Waals surface area contributed by atoms with Crippen LogP contribution in [-0.2, 0) is 12.8 Å². The number of nitrogens with zero attached hydrogens (tertiary/aromatic N) is 4. The van der Waals surface area contributed by atoms with E-state index in [1.807, 2.05) is 42.5 Å². The molecule has 2 aromatic carbocycles. The molecule has 0 spiro atoms. The first-order chi connectivity index (χ1) is 14.8. The molecule has 5 nitrogen and oxygen atoms in total. The fourth-order valence-electron chi connectivity index (χ4n) is 3.62. The summed E-state index contributed by atoms with van der Waals surface area (Å²) < 4.78 is 0. The Kier molecular flexibility index (Phi) is 4.77. The maximum atomic E-state index is 4.97. The molecule has 0 aliphatic heterocycles. The van der Waals surface area contributed by atoms with E-state index in [0.717, 1.165) is 58.0 Å². The normalized spacial score (nSPS) is 11.1. The molecule has 1 N–H and O–H groups in total. The molecule has 0 saturated heterocycles. The number of H-pyrrole nitrogens is 1. The van der Waals surface area contributed by atoms with Crippen LogP contribution >= 0.6 is 0 Å². The highest BCUT2D eigenvalue weighted by Crippen LogP contribution is 2.31. The maximum Gasteiger partial charge on any atom is 0.111 e. The first-order valence-corrected chi connectivity index (χ1v) is 10.1. The molecule has 0 aliphatic rings. The minimum atomic E-state index is 0.731. The Morgan fingerprint density at radius 2 is 1.63 bits per heavy atom. The van der Waals surface area contributed by atoms with Crippen LogP contribution in [0.1, 0.15) is 24.0 Å². The summed E-state index contributed by atoms with van der Waals surface area (Å²) in [6.45, 7) is 2.11. The number of imidazole rings is 1. The van der Waals surface area contributed by atoms with Crippen molar-refractivity contribution in [3.63, 3.8) is 0 Å². The quantitative estimate of drug-likeness (QED) is 0.445. The van der Waals surface area contributed by atoms with Gasteiger partial charge in [-0.05, 0) is 36.2 Å². The maximum absolute atomic E-state index is 4.97. The van der Waals surface area contributed by atoms with Gasteiger partial charge in [0.05, 0.1) is 28.1 Å². The van der Waals surface area contributed by atoms with Crippen molar-refractivity contribution in [3.05, 3.63) is 96.2 Å². The largest absolute Gasteiger partial charge is 0.340 e. The summed E-state index contributed by atoms with van der Waals surface area (Å²) in [5, 5.41) is 0. The Hall–Kier alpha value is -3.86. The van der Waals surface area contributed by atoms with E-state index in [2.05, 4.69) is 46.1 Å². The summed E-state index contributed by atoms with van der Waals surface area (Å²) in [7, 11) is 0. The van der Waals surface area contributed by atoms with Crippen molar-refractivity contribution in [2.75, 3.05) is 0 Å². The van der Waals surface area contributed by atoms with E-state index in [4.69, 9.17) is 9.97 Å². The van der Waals surface area contributed by atoms with E-state index in [-0.39, 0.29) is 0 Å². The van der Waals surface area contributed by atoms with Gasteiger partial charge in [-0.15, -0.1) is 0 Å². The molecule has 0 saturated carbocycles. The number of rotatable bonds is 5. The predicted molar refractivity (Wildman–Crippen MR) is 119 cm³/mol. The monoisotopic (exact) mass is 391 g/mol. The first kappa shape index (κ1) is 18.2. The Morgan fingerprint density at radius 1 is 0.800 bits per heavy atom. The van der Waals surface area contributed by atoms with Crippen molar-refractivity contribution < 1.29 is 0 Å². The Morgan fingerprint density at radius 3 is 2.47 bits per heavy atom. The standard InChI is InChI=1S/C25H21N5/c1-2-19-9-6-10-21(28-19)25-24(18-11-12-20-22(16-18)27-14-13-26-20)29-23(30-25)15-17-7-4-3-5-8-17/h3-14,16H,2,15H2,1H3,(H,29,30). The molecule has 0 aliphatic carbocycles. The third-order valence-electron chi connectivity index (χ3n) is 5.14. The van der Waals surface area contributed by atoms with E-state index in [1.165, 1.54) is 5.56 Å². The van der Waals surface area contributed by atoms with Crippen molar-refractivity contribution in [1.82, 2.24) is 24.9 Å². The van der Waals surface area contributed by atoms with Gasteiger partial charge < -0.3 is 4.98 Å². The van der Waals surface area contributed by atoms with Crippen LogP contribution in [0.5, 0.6) is 0 Å². The zero-order chi connectivity index (χ0) is 20.3. The molecule has 5 rings (SSSR count). The highest BCUT2D eigenvalue weighted by Gasteiger charge is 2.16. The first-order valence-electron chi connectivity index (χ1n) is 10.1. The van der Waals surface area contributed by atoms with Crippen LogP contribution in [0, 0.1) is 0 Å². The van der Waals surface area contributed by atoms with Crippen LogP contribution in [0.25, 0.3) is 33.7 Å². The summed E-state index contributed by atoms with van der Waals surface area (Å²) in [6, 6.07) is 22.6. The fraction of sp³-hybridized carbons (Fsp3) is 0.120. The van der Waals surface area contributed by atoms with Gasteiger partial charge in [-0.1, -0.05) is 49.4 Å². The lowest BCUT2D eigenvalue weighted by molar-refractivity contribution is 1.02. The molecule has 146 valence electrons. The van der Waals surface area contributed by atoms with Gasteiger partial charge in [-0.3, -0.25) is 15.0 Å². The lowest BCUT2D eigenvalue weighted by atomic mass is 10.1. The number of benzene rings is 2. The number of aromatic amines is 1. The third kappa shape index (κ3) is 3.57. The number of fused-ring (bicyclic) bond motifs is 1. The van der Waals surface area contributed by atoms with Crippen molar-refractivity contribution in [1.29, 1.82) is 0 Å². The van der Waals surface area contributed by atoms with Gasteiger partial charge in [0.15, 0.2) is 0 Å². The van der Waals surface area contributed by atoms with Gasteiger partial charge in [-0.25, -0.2) is 4.98 Å². The predicted octanol–water partition coefficient (Wildman–Crippen LogP) is 5.24. The SMILES string of the molecule is CCc1cccc(-c2[nH]c(Cc3ccccc3)nc2-c2ccc3nccnc3c2)n1. The number of nitrogens with one attached hydrogen (secondary N) is 1. The summed E-state index contributed by atoms with van der Waals surface area (Å²) in [4.78, 5) is 22.2. The van der Waals surface area contributed by atoms with Crippen molar-refractivity contribution in [2.45, 2.75) is 19.8 Å². The summed E-state index contributed by atoms with van der Waals surface area (Å²) in [5.41, 5.74) is 7.70. The molecule has 0 unspecified atom stereocenters. The van der Waals surface area contributed by atoms with Gasteiger partial charge in [0, 0.05) is 30.1 Å². The fourth-order valence-corrected chi connectivity index (χ4v) is 3.62. The van der Waals surface area contributed by atoms with Crippen LogP contribution < -0.4 is 0 Å². The second-order valence-corrected chi connectivity index (χ2v) is 7.20. The lowest BCUT2D eigenvalue weighted by Crippen LogP contribution is -1.92. The second-order valence-electron chi connectivity index (χ2n) is 7.20. The molecular formula is C25H21N5. The van der Waals surface area contributed by atoms with E-state index in [9.17, 15) is 0 Å². The molecule has 5 heteroatoms. The van der Waals surface area contributed by atoms with Crippen molar-refractivity contribution in [2.24, 2.45) is 0 Å². The van der Waals surface area contributed by atoms with Crippen molar-refractivity contribution >= 4 is 11.0 Å². The van der Waals surface area contributed by atoms with Crippen LogP contribution in [-0.4, -0.2) is 24.9 Å².